The third-order valence-corrected chi connectivity index (χ3v) is 3.88. The van der Waals surface area contributed by atoms with Gasteiger partial charge in [0.25, 0.3) is 0 Å². The van der Waals surface area contributed by atoms with E-state index in [4.69, 9.17) is 9.47 Å². The normalized spacial score (nSPS) is 11.3. The van der Waals surface area contributed by atoms with Crippen LogP contribution in [0.25, 0.3) is 0 Å². The molecule has 0 unspecified atom stereocenters. The van der Waals surface area contributed by atoms with Gasteiger partial charge in [-0.15, -0.1) is 0 Å². The smallest absolute Gasteiger partial charge is 0.421 e. The van der Waals surface area contributed by atoms with Crippen LogP contribution in [-0.4, -0.2) is 30.2 Å². The predicted octanol–water partition coefficient (Wildman–Crippen LogP) is 5.23. The average Bonchev–Trinajstić information content (AvgIpc) is 2.64. The lowest BCUT2D eigenvalue weighted by Gasteiger charge is -2.22. The molecule has 0 atom stereocenters. The molecule has 5 nitrogen and oxygen atoms in total. The summed E-state index contributed by atoms with van der Waals surface area (Å²) in [5.74, 6) is 0.412. The molecule has 0 radical (unpaired) electrons. The number of halogens is 3. The van der Waals surface area contributed by atoms with Crippen molar-refractivity contribution in [1.82, 2.24) is 9.97 Å². The van der Waals surface area contributed by atoms with Gasteiger partial charge in [0.15, 0.2) is 5.82 Å². The number of ether oxygens (including phenoxy) is 2. The zero-order chi connectivity index (χ0) is 19.9. The second-order valence-electron chi connectivity index (χ2n) is 5.93. The molecule has 0 aliphatic carbocycles. The van der Waals surface area contributed by atoms with E-state index < -0.39 is 11.7 Å². The van der Waals surface area contributed by atoms with Crippen LogP contribution in [0.3, 0.4) is 0 Å². The summed E-state index contributed by atoms with van der Waals surface area (Å²) in [5.41, 5.74) is -0.379. The molecule has 0 aliphatic rings. The molecule has 0 bridgehead atoms. The Hall–Kier alpha value is -2.51. The van der Waals surface area contributed by atoms with Crippen LogP contribution in [0.5, 0.6) is 11.8 Å². The summed E-state index contributed by atoms with van der Waals surface area (Å²) in [5, 5.41) is 0. The zero-order valence-electron chi connectivity index (χ0n) is 15.7. The van der Waals surface area contributed by atoms with Gasteiger partial charge in [-0.25, -0.2) is 4.98 Å². The molecule has 0 fully saturated rings. The van der Waals surface area contributed by atoms with Gasteiger partial charge < -0.3 is 14.4 Å². The van der Waals surface area contributed by atoms with Gasteiger partial charge in [0, 0.05) is 18.9 Å². The fraction of sp³-hybridized carbons (Fsp3) is 0.474. The fourth-order valence-electron chi connectivity index (χ4n) is 2.44. The third-order valence-electron chi connectivity index (χ3n) is 3.88. The number of hydrogen-bond acceptors (Lipinski definition) is 5. The van der Waals surface area contributed by atoms with Crippen LogP contribution in [-0.2, 0) is 6.18 Å². The Morgan fingerprint density at radius 1 is 1.04 bits per heavy atom. The van der Waals surface area contributed by atoms with E-state index in [2.05, 4.69) is 16.9 Å². The summed E-state index contributed by atoms with van der Waals surface area (Å²) in [6, 6.07) is 6.75. The molecule has 1 aromatic heterocycles. The molecule has 8 heteroatoms. The van der Waals surface area contributed by atoms with Crippen molar-refractivity contribution in [2.75, 3.05) is 25.2 Å². The van der Waals surface area contributed by atoms with E-state index in [1.54, 1.807) is 31.2 Å². The van der Waals surface area contributed by atoms with Crippen molar-refractivity contribution in [3.8, 4) is 11.8 Å². The van der Waals surface area contributed by atoms with Crippen molar-refractivity contribution in [2.45, 2.75) is 39.3 Å². The first-order chi connectivity index (χ1) is 12.9. The standard InChI is InChI=1S/C19H24F3N3O2/c1-4-6-7-12-27-15-10-8-14(9-11-15)25(3)17-16(19(20,21)22)13-23-18(24-17)26-5-2/h8-11,13H,4-7,12H2,1-3H3. The maximum Gasteiger partial charge on any atom is 0.421 e. The number of benzene rings is 1. The highest BCUT2D eigenvalue weighted by atomic mass is 19.4. The highest BCUT2D eigenvalue weighted by molar-refractivity contribution is 5.63. The van der Waals surface area contributed by atoms with Gasteiger partial charge in [-0.2, -0.15) is 18.2 Å². The van der Waals surface area contributed by atoms with Crippen LogP contribution in [0.4, 0.5) is 24.7 Å². The van der Waals surface area contributed by atoms with E-state index in [0.29, 0.717) is 18.0 Å². The third kappa shape index (κ3) is 5.74. The molecule has 0 amide bonds. The highest BCUT2D eigenvalue weighted by Gasteiger charge is 2.36. The van der Waals surface area contributed by atoms with Crippen molar-refractivity contribution in [2.24, 2.45) is 0 Å². The van der Waals surface area contributed by atoms with Gasteiger partial charge >= 0.3 is 12.2 Å². The Kier molecular flexibility index (Phi) is 7.27. The lowest BCUT2D eigenvalue weighted by molar-refractivity contribution is -0.137. The Morgan fingerprint density at radius 2 is 1.74 bits per heavy atom. The lowest BCUT2D eigenvalue weighted by Crippen LogP contribution is -2.19. The van der Waals surface area contributed by atoms with E-state index in [1.165, 1.54) is 11.9 Å². The highest BCUT2D eigenvalue weighted by Crippen LogP contribution is 2.37. The Balaban J connectivity index is 2.22. The second kappa shape index (κ2) is 9.43. The largest absolute Gasteiger partial charge is 0.494 e. The Labute approximate surface area is 157 Å². The van der Waals surface area contributed by atoms with Crippen LogP contribution < -0.4 is 14.4 Å². The van der Waals surface area contributed by atoms with Crippen molar-refractivity contribution in [1.29, 1.82) is 0 Å². The molecule has 0 spiro atoms. The Morgan fingerprint density at radius 3 is 2.33 bits per heavy atom. The summed E-state index contributed by atoms with van der Waals surface area (Å²) in [6.07, 6.45) is -0.659. The predicted molar refractivity (Wildman–Crippen MR) is 97.7 cm³/mol. The van der Waals surface area contributed by atoms with E-state index >= 15 is 0 Å². The molecule has 1 aromatic carbocycles. The number of aromatic nitrogens is 2. The number of hydrogen-bond donors (Lipinski definition) is 0. The summed E-state index contributed by atoms with van der Waals surface area (Å²) in [7, 11) is 1.52. The lowest BCUT2D eigenvalue weighted by atomic mass is 10.2. The van der Waals surface area contributed by atoms with Crippen LogP contribution in [0.2, 0.25) is 0 Å². The molecule has 1 heterocycles. The van der Waals surface area contributed by atoms with Crippen LogP contribution in [0.15, 0.2) is 30.5 Å². The maximum atomic E-state index is 13.3. The average molecular weight is 383 g/mol. The number of rotatable bonds is 9. The number of unbranched alkanes of at least 4 members (excludes halogenated alkanes) is 2. The minimum Gasteiger partial charge on any atom is -0.494 e. The van der Waals surface area contributed by atoms with Gasteiger partial charge in [0.05, 0.1) is 13.2 Å². The summed E-state index contributed by atoms with van der Waals surface area (Å²) < 4.78 is 50.8. The summed E-state index contributed by atoms with van der Waals surface area (Å²) in [6.45, 7) is 4.71. The van der Waals surface area contributed by atoms with E-state index in [1.807, 2.05) is 0 Å². The minimum absolute atomic E-state index is 0.0942. The van der Waals surface area contributed by atoms with E-state index in [9.17, 15) is 13.2 Å². The maximum absolute atomic E-state index is 13.3. The molecule has 2 aromatic rings. The molecule has 0 saturated heterocycles. The Bertz CT molecular complexity index is 721. The van der Waals surface area contributed by atoms with Gasteiger partial charge in [-0.1, -0.05) is 19.8 Å². The van der Waals surface area contributed by atoms with Crippen molar-refractivity contribution < 1.29 is 22.6 Å². The number of nitrogens with zero attached hydrogens (tertiary/aromatic N) is 3. The monoisotopic (exact) mass is 383 g/mol. The first kappa shape index (κ1) is 20.8. The second-order valence-corrected chi connectivity index (χ2v) is 5.93. The molecule has 0 saturated carbocycles. The van der Waals surface area contributed by atoms with Gasteiger partial charge in [-0.05, 0) is 37.6 Å². The zero-order valence-corrected chi connectivity index (χ0v) is 15.7. The van der Waals surface area contributed by atoms with Crippen molar-refractivity contribution in [3.05, 3.63) is 36.0 Å². The molecule has 0 aliphatic heterocycles. The minimum atomic E-state index is -4.57. The number of alkyl halides is 3. The quantitative estimate of drug-likeness (QED) is 0.555. The van der Waals surface area contributed by atoms with Crippen LogP contribution in [0.1, 0.15) is 38.7 Å². The molecule has 2 rings (SSSR count). The summed E-state index contributed by atoms with van der Waals surface area (Å²) in [4.78, 5) is 8.93. The van der Waals surface area contributed by atoms with E-state index in [-0.39, 0.29) is 18.4 Å². The van der Waals surface area contributed by atoms with Crippen LogP contribution in [0, 0.1) is 0 Å². The fourth-order valence-corrected chi connectivity index (χ4v) is 2.44. The summed E-state index contributed by atoms with van der Waals surface area (Å²) >= 11 is 0. The topological polar surface area (TPSA) is 47.5 Å². The van der Waals surface area contributed by atoms with E-state index in [0.717, 1.165) is 25.5 Å². The van der Waals surface area contributed by atoms with Gasteiger partial charge in [0.2, 0.25) is 0 Å². The van der Waals surface area contributed by atoms with Gasteiger partial charge in [-0.3, -0.25) is 0 Å². The molecule has 27 heavy (non-hydrogen) atoms. The van der Waals surface area contributed by atoms with Crippen LogP contribution >= 0.6 is 0 Å². The molecular formula is C19H24F3N3O2. The van der Waals surface area contributed by atoms with Crippen molar-refractivity contribution in [3.63, 3.8) is 0 Å². The SMILES string of the molecule is CCCCCOc1ccc(N(C)c2nc(OCC)ncc2C(F)(F)F)cc1. The van der Waals surface area contributed by atoms with Crippen molar-refractivity contribution >= 4 is 11.5 Å². The molecule has 0 N–H and O–H groups in total. The number of anilines is 2. The first-order valence-corrected chi connectivity index (χ1v) is 8.90. The van der Waals surface area contributed by atoms with Gasteiger partial charge in [0.1, 0.15) is 11.3 Å². The molecule has 148 valence electrons. The molecular weight excluding hydrogens is 359 g/mol. The first-order valence-electron chi connectivity index (χ1n) is 8.90.